The number of nitrogens with zero attached hydrogens (tertiary/aromatic N) is 3. The van der Waals surface area contributed by atoms with Crippen molar-refractivity contribution in [3.8, 4) is 39.6 Å². The Labute approximate surface area is 245 Å². The van der Waals surface area contributed by atoms with Crippen molar-refractivity contribution in [2.45, 2.75) is 0 Å². The quantitative estimate of drug-likeness (QED) is 0.173. The van der Waals surface area contributed by atoms with E-state index in [1.807, 2.05) is 54.6 Å². The fraction of sp³-hybridized carbons (Fsp3) is 0. The molecule has 0 bridgehead atoms. The van der Waals surface area contributed by atoms with Crippen molar-refractivity contribution in [2.24, 2.45) is 0 Å². The molecule has 4 heteroatoms. The summed E-state index contributed by atoms with van der Waals surface area (Å²) in [6, 6.07) is 50.2. The van der Waals surface area contributed by atoms with Crippen LogP contribution in [0.1, 0.15) is 0 Å². The Balaban J connectivity index is 0.00000264. The van der Waals surface area contributed by atoms with Crippen molar-refractivity contribution in [3.63, 3.8) is 0 Å². The van der Waals surface area contributed by atoms with Crippen LogP contribution in [0.15, 0.2) is 127 Å². The van der Waals surface area contributed by atoms with Crippen molar-refractivity contribution >= 4 is 21.8 Å². The molecule has 176 valence electrons. The Morgan fingerprint density at radius 1 is 0.553 bits per heavy atom. The topological polar surface area (TPSA) is 30.7 Å². The Morgan fingerprint density at radius 2 is 1.18 bits per heavy atom. The van der Waals surface area contributed by atoms with Gasteiger partial charge in [-0.3, -0.25) is 0 Å². The third kappa shape index (κ3) is 4.37. The zero-order chi connectivity index (χ0) is 24.6. The summed E-state index contributed by atoms with van der Waals surface area (Å²) in [4.78, 5) is 10.2. The Bertz CT molecular complexity index is 1800. The van der Waals surface area contributed by atoms with Gasteiger partial charge in [-0.15, -0.1) is 17.5 Å². The van der Waals surface area contributed by atoms with Gasteiger partial charge in [0, 0.05) is 16.6 Å². The molecule has 0 N–H and O–H groups in total. The second-order valence-corrected chi connectivity index (χ2v) is 8.93. The summed E-state index contributed by atoms with van der Waals surface area (Å²) in [7, 11) is 0. The first-order valence-electron chi connectivity index (χ1n) is 12.3. The summed E-state index contributed by atoms with van der Waals surface area (Å²) in [5.41, 5.74) is 7.98. The number of rotatable bonds is 4. The predicted molar refractivity (Wildman–Crippen MR) is 150 cm³/mol. The van der Waals surface area contributed by atoms with Crippen LogP contribution in [-0.2, 0) is 0 Å². The molecule has 0 aliphatic carbocycles. The first-order valence-corrected chi connectivity index (χ1v) is 12.3. The first kappa shape index (κ1) is 24.4. The van der Waals surface area contributed by atoms with Gasteiger partial charge in [-0.25, -0.2) is 15.5 Å². The van der Waals surface area contributed by atoms with E-state index in [0.717, 1.165) is 55.4 Å². The van der Waals surface area contributed by atoms with E-state index in [4.69, 9.17) is 9.97 Å². The molecular formula is C34H21N3U. The van der Waals surface area contributed by atoms with Crippen LogP contribution in [0.25, 0.3) is 61.4 Å². The summed E-state index contributed by atoms with van der Waals surface area (Å²) < 4.78 is 2.15. The molecule has 0 radical (unpaired) electrons. The molecule has 0 saturated heterocycles. The van der Waals surface area contributed by atoms with E-state index in [0.29, 0.717) is 5.95 Å². The van der Waals surface area contributed by atoms with Gasteiger partial charge in [0.05, 0.1) is 11.4 Å². The molecule has 0 unspecified atom stereocenters. The van der Waals surface area contributed by atoms with E-state index in [9.17, 15) is 0 Å². The van der Waals surface area contributed by atoms with Gasteiger partial charge in [0.2, 0.25) is 5.95 Å². The van der Waals surface area contributed by atoms with Crippen LogP contribution in [0.3, 0.4) is 0 Å². The van der Waals surface area contributed by atoms with Gasteiger partial charge >= 0.3 is 31.1 Å². The molecule has 0 spiro atoms. The van der Waals surface area contributed by atoms with Crippen LogP contribution >= 0.6 is 0 Å². The van der Waals surface area contributed by atoms with Gasteiger partial charge < -0.3 is 4.57 Å². The molecule has 5 aromatic carbocycles. The van der Waals surface area contributed by atoms with Crippen LogP contribution in [0.2, 0.25) is 0 Å². The third-order valence-corrected chi connectivity index (χ3v) is 6.63. The third-order valence-electron chi connectivity index (χ3n) is 6.63. The molecule has 0 amide bonds. The predicted octanol–water partition coefficient (Wildman–Crippen LogP) is 8.18. The molecule has 0 aliphatic rings. The fourth-order valence-corrected chi connectivity index (χ4v) is 4.87. The second-order valence-electron chi connectivity index (χ2n) is 8.93. The minimum Gasteiger partial charge on any atom is -0.318 e. The van der Waals surface area contributed by atoms with E-state index in [-0.39, 0.29) is 31.1 Å². The number of benzene rings is 5. The minimum absolute atomic E-state index is 0. The summed E-state index contributed by atoms with van der Waals surface area (Å²) >= 11 is 0. The molecule has 7 aromatic rings. The average molecular weight is 710 g/mol. The number of fused-ring (bicyclic) bond motifs is 3. The van der Waals surface area contributed by atoms with Gasteiger partial charge in [0.1, 0.15) is 0 Å². The Hall–Kier alpha value is -3.97. The summed E-state index contributed by atoms with van der Waals surface area (Å²) in [6.45, 7) is 0. The Kier molecular flexibility index (Phi) is 6.68. The van der Waals surface area contributed by atoms with Crippen molar-refractivity contribution in [1.29, 1.82) is 0 Å². The van der Waals surface area contributed by atoms with Crippen LogP contribution in [0.5, 0.6) is 0 Å². The van der Waals surface area contributed by atoms with Crippen LogP contribution in [0, 0.1) is 43.2 Å². The zero-order valence-electron chi connectivity index (χ0n) is 20.5. The number of aromatic nitrogens is 3. The van der Waals surface area contributed by atoms with Crippen molar-refractivity contribution in [2.75, 3.05) is 0 Å². The van der Waals surface area contributed by atoms with Crippen LogP contribution in [0.4, 0.5) is 0 Å². The van der Waals surface area contributed by atoms with Crippen LogP contribution in [-0.4, -0.2) is 14.5 Å². The molecule has 0 aliphatic heterocycles. The van der Waals surface area contributed by atoms with Crippen LogP contribution < -0.4 is 0 Å². The molecule has 0 atom stereocenters. The number of hydrogen-bond acceptors (Lipinski definition) is 2. The summed E-state index contributed by atoms with van der Waals surface area (Å²) in [6.07, 6.45) is 0. The molecule has 2 heterocycles. The van der Waals surface area contributed by atoms with E-state index >= 15 is 0 Å². The van der Waals surface area contributed by atoms with E-state index in [1.165, 1.54) is 0 Å². The minimum atomic E-state index is 0. The van der Waals surface area contributed by atoms with Gasteiger partial charge in [-0.05, 0) is 17.6 Å². The van der Waals surface area contributed by atoms with E-state index < -0.39 is 0 Å². The van der Waals surface area contributed by atoms with Crippen molar-refractivity contribution in [3.05, 3.63) is 140 Å². The maximum Gasteiger partial charge on any atom is 2.00 e. The Morgan fingerprint density at radius 3 is 1.84 bits per heavy atom. The van der Waals surface area contributed by atoms with Crippen molar-refractivity contribution in [1.82, 2.24) is 14.5 Å². The van der Waals surface area contributed by atoms with E-state index in [1.54, 1.807) is 0 Å². The molecule has 0 fully saturated rings. The smallest absolute Gasteiger partial charge is 0.318 e. The second kappa shape index (κ2) is 10.4. The standard InChI is InChI=1S/C34H21N3.U/c1-4-12-24(13-5-1)27-20-21-33-29(22-27)28-18-10-11-19-32(28)37(33)34-35-30(25-14-6-2-7-15-25)23-31(36-34)26-16-8-3-9-17-26;/h1-12,14-21,23H;/q-2;+2. The number of hydrogen-bond donors (Lipinski definition) is 0. The molecule has 7 rings (SSSR count). The maximum absolute atomic E-state index is 5.08. The largest absolute Gasteiger partial charge is 2.00 e. The summed E-state index contributed by atoms with van der Waals surface area (Å²) in [5, 5.41) is 2.16. The fourth-order valence-electron chi connectivity index (χ4n) is 4.87. The molecule has 0 saturated carbocycles. The SMILES string of the molecule is [U+2].[c-]1ccccc1-c1[c-]c2c3ccccc3n(-c3nc(-c4ccccc4)cc(-c4ccccc4)n3)c2cc1. The number of para-hydroxylation sites is 1. The molecular weight excluding hydrogens is 688 g/mol. The van der Waals surface area contributed by atoms with Gasteiger partial charge in [0.25, 0.3) is 0 Å². The zero-order valence-corrected chi connectivity index (χ0v) is 24.6. The van der Waals surface area contributed by atoms with Gasteiger partial charge in [-0.1, -0.05) is 84.2 Å². The molecule has 3 nitrogen and oxygen atoms in total. The molecule has 2 aromatic heterocycles. The van der Waals surface area contributed by atoms with Crippen molar-refractivity contribution < 1.29 is 31.1 Å². The monoisotopic (exact) mass is 709 g/mol. The summed E-state index contributed by atoms with van der Waals surface area (Å²) in [5.74, 6) is 0.638. The maximum atomic E-state index is 5.08. The van der Waals surface area contributed by atoms with Gasteiger partial charge in [0.15, 0.2) is 0 Å². The van der Waals surface area contributed by atoms with E-state index in [2.05, 4.69) is 89.5 Å². The normalized spacial score (nSPS) is 10.9. The average Bonchev–Trinajstić information content (AvgIpc) is 3.32. The first-order chi connectivity index (χ1) is 18.3. The van der Waals surface area contributed by atoms with Gasteiger partial charge in [-0.2, -0.15) is 42.0 Å². The molecule has 38 heavy (non-hydrogen) atoms.